The lowest BCUT2D eigenvalue weighted by atomic mass is 10.2. The van der Waals surface area contributed by atoms with Crippen molar-refractivity contribution in [2.75, 3.05) is 11.5 Å². The lowest BCUT2D eigenvalue weighted by Gasteiger charge is -2.15. The van der Waals surface area contributed by atoms with Crippen molar-refractivity contribution in [2.24, 2.45) is 5.84 Å². The van der Waals surface area contributed by atoms with Crippen LogP contribution in [0.5, 0.6) is 0 Å². The van der Waals surface area contributed by atoms with Crippen molar-refractivity contribution in [3.05, 3.63) is 17.5 Å². The van der Waals surface area contributed by atoms with Crippen molar-refractivity contribution in [3.63, 3.8) is 0 Å². The van der Waals surface area contributed by atoms with E-state index in [0.29, 0.717) is 6.04 Å². The quantitative estimate of drug-likeness (QED) is 0.559. The molecule has 1 unspecified atom stereocenters. The first-order valence-corrected chi connectivity index (χ1v) is 6.93. The van der Waals surface area contributed by atoms with Gasteiger partial charge in [-0.25, -0.2) is 0 Å². The Labute approximate surface area is 102 Å². The smallest absolute Gasteiger partial charge is 0.0596 e. The molecule has 92 valence electrons. The number of hydrazine groups is 1. The summed E-state index contributed by atoms with van der Waals surface area (Å²) in [5, 5.41) is 4.44. The molecule has 0 aliphatic heterocycles. The normalized spacial score (nSPS) is 13.0. The fraction of sp³-hybridized carbons (Fsp3) is 0.727. The van der Waals surface area contributed by atoms with Gasteiger partial charge in [0.25, 0.3) is 0 Å². The predicted molar refractivity (Wildman–Crippen MR) is 70.5 cm³/mol. The Balaban J connectivity index is 2.61. The van der Waals surface area contributed by atoms with Crippen molar-refractivity contribution in [1.29, 1.82) is 0 Å². The zero-order chi connectivity index (χ0) is 12.0. The molecule has 1 heterocycles. The third-order valence-electron chi connectivity index (χ3n) is 2.50. The molecule has 0 radical (unpaired) electrons. The maximum atomic E-state index is 5.57. The van der Waals surface area contributed by atoms with E-state index in [9.17, 15) is 0 Å². The number of nitrogens with zero attached hydrogens (tertiary/aromatic N) is 2. The number of aromatic nitrogens is 2. The third kappa shape index (κ3) is 3.81. The molecule has 1 rings (SSSR count). The van der Waals surface area contributed by atoms with Crippen LogP contribution in [0.4, 0.5) is 0 Å². The van der Waals surface area contributed by atoms with Gasteiger partial charge in [-0.15, -0.1) is 0 Å². The number of nitrogens with one attached hydrogen (secondary N) is 1. The molecule has 4 nitrogen and oxygen atoms in total. The summed E-state index contributed by atoms with van der Waals surface area (Å²) in [5.74, 6) is 7.74. The number of hydrogen-bond acceptors (Lipinski definition) is 4. The Hall–Kier alpha value is -0.520. The topological polar surface area (TPSA) is 55.9 Å². The maximum absolute atomic E-state index is 5.57. The number of hydrogen-bond donors (Lipinski definition) is 2. The van der Waals surface area contributed by atoms with Crippen LogP contribution in [0.1, 0.15) is 25.2 Å². The molecule has 0 saturated heterocycles. The van der Waals surface area contributed by atoms with Crippen LogP contribution >= 0.6 is 11.8 Å². The molecule has 1 atom stereocenters. The van der Waals surface area contributed by atoms with Crippen molar-refractivity contribution in [3.8, 4) is 0 Å². The summed E-state index contributed by atoms with van der Waals surface area (Å²) in [5.41, 5.74) is 5.23. The van der Waals surface area contributed by atoms with Crippen LogP contribution in [-0.4, -0.2) is 27.3 Å². The standard InChI is InChI=1S/C11H22N4S/c1-4-15-11(6-9(3)14-15)7-10(13-12)8-16-5-2/h6,10,13H,4-5,7-8,12H2,1-3H3. The number of nitrogens with two attached hydrogens (primary N) is 1. The van der Waals surface area contributed by atoms with E-state index in [0.717, 1.165) is 30.2 Å². The molecule has 0 spiro atoms. The Morgan fingerprint density at radius 2 is 2.31 bits per heavy atom. The van der Waals surface area contributed by atoms with Gasteiger partial charge in [0, 0.05) is 30.5 Å². The van der Waals surface area contributed by atoms with Gasteiger partial charge in [0.2, 0.25) is 0 Å². The number of aryl methyl sites for hydroxylation is 2. The molecular formula is C11H22N4S. The summed E-state index contributed by atoms with van der Waals surface area (Å²) in [6.07, 6.45) is 0.943. The number of rotatable bonds is 7. The molecule has 0 saturated carbocycles. The number of thioether (sulfide) groups is 1. The second-order valence-corrected chi connectivity index (χ2v) is 5.14. The molecule has 0 aromatic carbocycles. The van der Waals surface area contributed by atoms with E-state index in [1.165, 1.54) is 5.69 Å². The second kappa shape index (κ2) is 6.93. The van der Waals surface area contributed by atoms with Gasteiger partial charge in [-0.3, -0.25) is 16.0 Å². The Bertz CT molecular complexity index is 311. The van der Waals surface area contributed by atoms with Crippen LogP contribution < -0.4 is 11.3 Å². The zero-order valence-electron chi connectivity index (χ0n) is 10.4. The summed E-state index contributed by atoms with van der Waals surface area (Å²) in [6.45, 7) is 7.23. The Morgan fingerprint density at radius 1 is 1.56 bits per heavy atom. The highest BCUT2D eigenvalue weighted by molar-refractivity contribution is 7.99. The lowest BCUT2D eigenvalue weighted by Crippen LogP contribution is -2.39. The summed E-state index contributed by atoms with van der Waals surface area (Å²) in [6, 6.07) is 2.47. The maximum Gasteiger partial charge on any atom is 0.0596 e. The molecule has 0 aliphatic rings. The summed E-state index contributed by atoms with van der Waals surface area (Å²) in [7, 11) is 0. The minimum absolute atomic E-state index is 0.325. The molecule has 0 fully saturated rings. The van der Waals surface area contributed by atoms with Gasteiger partial charge in [-0.05, 0) is 25.7 Å². The lowest BCUT2D eigenvalue weighted by molar-refractivity contribution is 0.534. The molecule has 0 aliphatic carbocycles. The molecule has 0 bridgehead atoms. The van der Waals surface area contributed by atoms with Crippen LogP contribution in [-0.2, 0) is 13.0 Å². The monoisotopic (exact) mass is 242 g/mol. The molecule has 1 aromatic rings. The third-order valence-corrected chi connectivity index (χ3v) is 3.55. The SMILES string of the molecule is CCSCC(Cc1cc(C)nn1CC)NN. The van der Waals surface area contributed by atoms with Crippen molar-refractivity contribution in [2.45, 2.75) is 39.8 Å². The van der Waals surface area contributed by atoms with Gasteiger partial charge in [0.1, 0.15) is 0 Å². The molecule has 3 N–H and O–H groups in total. The largest absolute Gasteiger partial charge is 0.271 e. The van der Waals surface area contributed by atoms with Crippen LogP contribution in [0, 0.1) is 6.92 Å². The van der Waals surface area contributed by atoms with Crippen LogP contribution in [0.25, 0.3) is 0 Å². The molecule has 5 heteroatoms. The van der Waals surface area contributed by atoms with Gasteiger partial charge in [0.05, 0.1) is 5.69 Å². The van der Waals surface area contributed by atoms with E-state index >= 15 is 0 Å². The van der Waals surface area contributed by atoms with Crippen LogP contribution in [0.15, 0.2) is 6.07 Å². The van der Waals surface area contributed by atoms with Gasteiger partial charge in [-0.2, -0.15) is 16.9 Å². The molecule has 0 amide bonds. The van der Waals surface area contributed by atoms with Crippen molar-refractivity contribution < 1.29 is 0 Å². The van der Waals surface area contributed by atoms with E-state index in [2.05, 4.69) is 35.1 Å². The fourth-order valence-corrected chi connectivity index (χ4v) is 2.45. The Morgan fingerprint density at radius 3 is 2.88 bits per heavy atom. The van der Waals surface area contributed by atoms with Gasteiger partial charge in [-0.1, -0.05) is 6.92 Å². The van der Waals surface area contributed by atoms with Crippen LogP contribution in [0.2, 0.25) is 0 Å². The highest BCUT2D eigenvalue weighted by atomic mass is 32.2. The minimum atomic E-state index is 0.325. The highest BCUT2D eigenvalue weighted by Gasteiger charge is 2.11. The summed E-state index contributed by atoms with van der Waals surface area (Å²) < 4.78 is 2.05. The first-order valence-electron chi connectivity index (χ1n) is 5.78. The van der Waals surface area contributed by atoms with E-state index in [1.807, 2.05) is 18.7 Å². The van der Waals surface area contributed by atoms with Crippen molar-refractivity contribution in [1.82, 2.24) is 15.2 Å². The van der Waals surface area contributed by atoms with E-state index < -0.39 is 0 Å². The molecular weight excluding hydrogens is 220 g/mol. The van der Waals surface area contributed by atoms with Gasteiger partial charge in [0.15, 0.2) is 0 Å². The van der Waals surface area contributed by atoms with Gasteiger partial charge >= 0.3 is 0 Å². The van der Waals surface area contributed by atoms with Crippen LogP contribution in [0.3, 0.4) is 0 Å². The van der Waals surface area contributed by atoms with Gasteiger partial charge < -0.3 is 0 Å². The predicted octanol–water partition coefficient (Wildman–Crippen LogP) is 1.34. The average molecular weight is 242 g/mol. The Kier molecular flexibility index (Phi) is 5.87. The first-order chi connectivity index (χ1) is 7.71. The van der Waals surface area contributed by atoms with E-state index in [1.54, 1.807) is 0 Å². The van der Waals surface area contributed by atoms with Crippen molar-refractivity contribution >= 4 is 11.8 Å². The molecule has 1 aromatic heterocycles. The second-order valence-electron chi connectivity index (χ2n) is 3.82. The fourth-order valence-electron chi connectivity index (χ4n) is 1.72. The van der Waals surface area contributed by atoms with E-state index in [-0.39, 0.29) is 0 Å². The van der Waals surface area contributed by atoms with E-state index in [4.69, 9.17) is 5.84 Å². The average Bonchev–Trinajstić information content (AvgIpc) is 2.64. The summed E-state index contributed by atoms with van der Waals surface area (Å²) >= 11 is 1.91. The first kappa shape index (κ1) is 13.5. The molecule has 16 heavy (non-hydrogen) atoms. The zero-order valence-corrected chi connectivity index (χ0v) is 11.2. The minimum Gasteiger partial charge on any atom is -0.271 e. The highest BCUT2D eigenvalue weighted by Crippen LogP contribution is 2.10. The summed E-state index contributed by atoms with van der Waals surface area (Å²) in [4.78, 5) is 0.